The van der Waals surface area contributed by atoms with E-state index in [-0.39, 0.29) is 28.4 Å². The molecule has 3 rings (SSSR count). The van der Waals surface area contributed by atoms with Gasteiger partial charge in [0.05, 0.1) is 0 Å². The quantitative estimate of drug-likeness (QED) is 0.388. The lowest BCUT2D eigenvalue weighted by molar-refractivity contribution is 0.104. The Morgan fingerprint density at radius 2 is 1.67 bits per heavy atom. The number of hydrogen-bond acceptors (Lipinski definition) is 6. The Labute approximate surface area is 135 Å². The molecule has 0 spiro atoms. The number of benzene rings is 2. The molecule has 0 aliphatic rings. The summed E-state index contributed by atoms with van der Waals surface area (Å²) in [6.45, 7) is 0. The highest BCUT2D eigenvalue weighted by atomic mass is 16.4. The molecule has 1 aromatic heterocycles. The van der Waals surface area contributed by atoms with E-state index in [2.05, 4.69) is 0 Å². The average molecular weight is 324 g/mol. The van der Waals surface area contributed by atoms with Gasteiger partial charge in [-0.2, -0.15) is 0 Å². The molecule has 0 atom stereocenters. The summed E-state index contributed by atoms with van der Waals surface area (Å²) in [5.41, 5.74) is -0.147. The van der Waals surface area contributed by atoms with Crippen LogP contribution in [0.1, 0.15) is 15.9 Å². The Hall–Kier alpha value is -3.54. The van der Waals surface area contributed by atoms with Crippen molar-refractivity contribution in [3.8, 4) is 17.2 Å². The molecular weight excluding hydrogens is 312 g/mol. The van der Waals surface area contributed by atoms with Gasteiger partial charge in [0, 0.05) is 34.7 Å². The smallest absolute Gasteiger partial charge is 0.336 e. The maximum absolute atomic E-state index is 12.4. The van der Waals surface area contributed by atoms with Gasteiger partial charge in [0.1, 0.15) is 22.8 Å². The number of fused-ring (bicyclic) bond motifs is 1. The lowest BCUT2D eigenvalue weighted by Gasteiger charge is -2.03. The van der Waals surface area contributed by atoms with Gasteiger partial charge in [-0.25, -0.2) is 4.79 Å². The molecule has 0 aliphatic carbocycles. The van der Waals surface area contributed by atoms with Gasteiger partial charge in [0.25, 0.3) is 0 Å². The van der Waals surface area contributed by atoms with Gasteiger partial charge in [0.15, 0.2) is 5.78 Å². The Bertz CT molecular complexity index is 1030. The second-order valence-corrected chi connectivity index (χ2v) is 5.10. The maximum atomic E-state index is 12.4. The summed E-state index contributed by atoms with van der Waals surface area (Å²) < 4.78 is 4.97. The first kappa shape index (κ1) is 15.4. The average Bonchev–Trinajstić information content (AvgIpc) is 2.52. The predicted molar refractivity (Wildman–Crippen MR) is 87.3 cm³/mol. The van der Waals surface area contributed by atoms with E-state index in [4.69, 9.17) is 4.42 Å². The summed E-state index contributed by atoms with van der Waals surface area (Å²) in [7, 11) is 0. The summed E-state index contributed by atoms with van der Waals surface area (Å²) in [4.78, 5) is 24.0. The molecular formula is C18H12O6. The van der Waals surface area contributed by atoms with Crippen LogP contribution < -0.4 is 5.63 Å². The number of rotatable bonds is 3. The second kappa shape index (κ2) is 5.92. The highest BCUT2D eigenvalue weighted by Crippen LogP contribution is 2.25. The van der Waals surface area contributed by atoms with Crippen molar-refractivity contribution < 1.29 is 24.5 Å². The van der Waals surface area contributed by atoms with Gasteiger partial charge >= 0.3 is 5.63 Å². The number of allylic oxidation sites excluding steroid dienone is 1. The van der Waals surface area contributed by atoms with Crippen molar-refractivity contribution in [3.63, 3.8) is 0 Å². The molecule has 6 heteroatoms. The molecule has 0 saturated carbocycles. The first-order valence-electron chi connectivity index (χ1n) is 6.95. The lowest BCUT2D eigenvalue weighted by atomic mass is 10.0. The fourth-order valence-electron chi connectivity index (χ4n) is 2.28. The Morgan fingerprint density at radius 3 is 2.42 bits per heavy atom. The molecule has 0 bridgehead atoms. The van der Waals surface area contributed by atoms with Crippen LogP contribution >= 0.6 is 0 Å². The van der Waals surface area contributed by atoms with Crippen LogP contribution in [0.2, 0.25) is 0 Å². The minimum atomic E-state index is -0.711. The van der Waals surface area contributed by atoms with E-state index in [9.17, 15) is 24.9 Å². The summed E-state index contributed by atoms with van der Waals surface area (Å²) >= 11 is 0. The first-order chi connectivity index (χ1) is 11.4. The van der Waals surface area contributed by atoms with E-state index < -0.39 is 11.4 Å². The molecule has 6 nitrogen and oxygen atoms in total. The first-order valence-corrected chi connectivity index (χ1v) is 6.95. The molecule has 0 amide bonds. The molecule has 3 aromatic rings. The number of hydrogen-bond donors (Lipinski definition) is 3. The van der Waals surface area contributed by atoms with E-state index >= 15 is 0 Å². The molecule has 0 radical (unpaired) electrons. The molecule has 0 aliphatic heterocycles. The highest BCUT2D eigenvalue weighted by Gasteiger charge is 2.12. The van der Waals surface area contributed by atoms with Gasteiger partial charge in [-0.15, -0.1) is 0 Å². The van der Waals surface area contributed by atoms with Crippen LogP contribution in [0, 0.1) is 0 Å². The molecule has 24 heavy (non-hydrogen) atoms. The number of phenols is 3. The van der Waals surface area contributed by atoms with Gasteiger partial charge in [-0.1, -0.05) is 0 Å². The third kappa shape index (κ3) is 2.98. The van der Waals surface area contributed by atoms with Crippen molar-refractivity contribution >= 4 is 22.8 Å². The van der Waals surface area contributed by atoms with E-state index in [0.717, 1.165) is 12.1 Å². The zero-order valence-electron chi connectivity index (χ0n) is 12.3. The van der Waals surface area contributed by atoms with Crippen molar-refractivity contribution in [2.75, 3.05) is 0 Å². The molecule has 0 fully saturated rings. The number of carbonyl (C=O) groups excluding carboxylic acids is 1. The summed E-state index contributed by atoms with van der Waals surface area (Å²) in [6, 6.07) is 9.16. The maximum Gasteiger partial charge on any atom is 0.336 e. The van der Waals surface area contributed by atoms with Crippen molar-refractivity contribution in [1.29, 1.82) is 0 Å². The minimum Gasteiger partial charge on any atom is -0.508 e. The SMILES string of the molecule is O=C(/C=C/c1ccc(O)cc1O)c1cc(=O)oc2cc(O)ccc12. The predicted octanol–water partition coefficient (Wildman–Crippen LogP) is 2.81. The second-order valence-electron chi connectivity index (χ2n) is 5.10. The van der Waals surface area contributed by atoms with Crippen LogP contribution in [0.5, 0.6) is 17.2 Å². The third-order valence-corrected chi connectivity index (χ3v) is 3.42. The topological polar surface area (TPSA) is 108 Å². The lowest BCUT2D eigenvalue weighted by Crippen LogP contribution is -2.04. The Morgan fingerprint density at radius 1 is 0.958 bits per heavy atom. The molecule has 0 unspecified atom stereocenters. The summed E-state index contributed by atoms with van der Waals surface area (Å²) in [6.07, 6.45) is 2.57. The van der Waals surface area contributed by atoms with E-state index in [1.54, 1.807) is 0 Å². The highest BCUT2D eigenvalue weighted by molar-refractivity contribution is 6.14. The number of carbonyl (C=O) groups is 1. The number of ketones is 1. The fourth-order valence-corrected chi connectivity index (χ4v) is 2.28. The van der Waals surface area contributed by atoms with Gasteiger partial charge < -0.3 is 19.7 Å². The van der Waals surface area contributed by atoms with Crippen LogP contribution in [0.25, 0.3) is 17.0 Å². The van der Waals surface area contributed by atoms with Gasteiger partial charge in [-0.3, -0.25) is 4.79 Å². The number of phenolic OH excluding ortho intramolecular Hbond substituents is 3. The zero-order valence-corrected chi connectivity index (χ0v) is 12.3. The molecule has 3 N–H and O–H groups in total. The largest absolute Gasteiger partial charge is 0.508 e. The van der Waals surface area contributed by atoms with Gasteiger partial charge in [0.2, 0.25) is 0 Å². The Kier molecular flexibility index (Phi) is 3.79. The van der Waals surface area contributed by atoms with E-state index in [0.29, 0.717) is 10.9 Å². The molecule has 0 saturated heterocycles. The van der Waals surface area contributed by atoms with Gasteiger partial charge in [-0.05, 0) is 36.4 Å². The standard InChI is InChI=1S/C18H12O6/c19-11-3-1-10(16(22)7-11)2-6-15(21)14-9-18(23)24-17-8-12(20)4-5-13(14)17/h1-9,19-20,22H/b6-2+. The minimum absolute atomic E-state index is 0.0835. The monoisotopic (exact) mass is 324 g/mol. The van der Waals surface area contributed by atoms with Crippen LogP contribution in [-0.2, 0) is 0 Å². The normalized spacial score (nSPS) is 11.2. The molecule has 2 aromatic carbocycles. The molecule has 120 valence electrons. The summed E-state index contributed by atoms with van der Waals surface area (Å²) in [5, 5.41) is 28.8. The van der Waals surface area contributed by atoms with Crippen LogP contribution in [0.3, 0.4) is 0 Å². The fraction of sp³-hybridized carbons (Fsp3) is 0. The Balaban J connectivity index is 2.02. The number of aromatic hydroxyl groups is 3. The summed E-state index contributed by atoms with van der Waals surface area (Å²) in [5.74, 6) is -0.824. The van der Waals surface area contributed by atoms with Crippen LogP contribution in [0.15, 0.2) is 57.8 Å². The molecule has 1 heterocycles. The van der Waals surface area contributed by atoms with Crippen molar-refractivity contribution in [2.24, 2.45) is 0 Å². The van der Waals surface area contributed by atoms with Crippen LogP contribution in [0.4, 0.5) is 0 Å². The van der Waals surface area contributed by atoms with Crippen LogP contribution in [-0.4, -0.2) is 21.1 Å². The van der Waals surface area contributed by atoms with E-state index in [1.807, 2.05) is 0 Å². The van der Waals surface area contributed by atoms with Crippen molar-refractivity contribution in [3.05, 3.63) is 70.1 Å². The van der Waals surface area contributed by atoms with Crippen molar-refractivity contribution in [2.45, 2.75) is 0 Å². The zero-order chi connectivity index (χ0) is 17.3. The van der Waals surface area contributed by atoms with E-state index in [1.165, 1.54) is 42.5 Å². The third-order valence-electron chi connectivity index (χ3n) is 3.42. The van der Waals surface area contributed by atoms with Crippen molar-refractivity contribution in [1.82, 2.24) is 0 Å².